The van der Waals surface area contributed by atoms with E-state index < -0.39 is 0 Å². The maximum Gasteiger partial charge on any atom is 0.252 e. The summed E-state index contributed by atoms with van der Waals surface area (Å²) in [6.07, 6.45) is 2.59. The molecule has 5 heteroatoms. The number of halogens is 1. The van der Waals surface area contributed by atoms with Crippen LogP contribution >= 0.6 is 15.9 Å². The van der Waals surface area contributed by atoms with Gasteiger partial charge in [0.15, 0.2) is 0 Å². The summed E-state index contributed by atoms with van der Waals surface area (Å²) in [5, 5.41) is 2.90. The molecule has 21 heavy (non-hydrogen) atoms. The monoisotopic (exact) mass is 348 g/mol. The van der Waals surface area contributed by atoms with Crippen molar-refractivity contribution in [1.82, 2.24) is 10.3 Å². The first-order chi connectivity index (χ1) is 10.1. The fourth-order valence-corrected chi connectivity index (χ4v) is 2.29. The first-order valence-electron chi connectivity index (χ1n) is 6.63. The number of carbonyl (C=O) groups is 1. The molecule has 0 bridgehead atoms. The Balaban J connectivity index is 1.94. The highest BCUT2D eigenvalue weighted by Crippen LogP contribution is 2.22. The second-order valence-corrected chi connectivity index (χ2v) is 5.51. The van der Waals surface area contributed by atoms with Gasteiger partial charge in [0.2, 0.25) is 0 Å². The van der Waals surface area contributed by atoms with E-state index in [-0.39, 0.29) is 5.91 Å². The second-order valence-electron chi connectivity index (χ2n) is 4.66. The molecule has 0 unspecified atom stereocenters. The van der Waals surface area contributed by atoms with Gasteiger partial charge >= 0.3 is 0 Å². The number of hydrogen-bond donors (Lipinski definition) is 1. The van der Waals surface area contributed by atoms with Gasteiger partial charge in [-0.3, -0.25) is 9.78 Å². The molecule has 0 saturated carbocycles. The van der Waals surface area contributed by atoms with Crippen molar-refractivity contribution in [2.75, 3.05) is 13.7 Å². The Morgan fingerprint density at radius 2 is 2.14 bits per heavy atom. The van der Waals surface area contributed by atoms with Crippen LogP contribution in [0.4, 0.5) is 0 Å². The molecule has 0 aliphatic carbocycles. The van der Waals surface area contributed by atoms with Crippen LogP contribution < -0.4 is 10.1 Å². The average molecular weight is 349 g/mol. The van der Waals surface area contributed by atoms with Crippen molar-refractivity contribution < 1.29 is 9.53 Å². The lowest BCUT2D eigenvalue weighted by atomic mass is 10.1. The molecule has 0 radical (unpaired) electrons. The average Bonchev–Trinajstić information content (AvgIpc) is 2.49. The second kappa shape index (κ2) is 7.22. The van der Waals surface area contributed by atoms with Gasteiger partial charge in [0.25, 0.3) is 5.91 Å². The zero-order chi connectivity index (χ0) is 15.2. The molecule has 1 heterocycles. The van der Waals surface area contributed by atoms with Gasteiger partial charge in [-0.25, -0.2) is 0 Å². The van der Waals surface area contributed by atoms with Crippen molar-refractivity contribution in [3.63, 3.8) is 0 Å². The number of amides is 1. The quantitative estimate of drug-likeness (QED) is 0.902. The Bertz CT molecular complexity index is 627. The molecule has 1 aromatic carbocycles. The van der Waals surface area contributed by atoms with Crippen molar-refractivity contribution in [3.8, 4) is 5.75 Å². The maximum atomic E-state index is 12.2. The van der Waals surface area contributed by atoms with Crippen LogP contribution in [-0.2, 0) is 6.42 Å². The molecule has 2 aromatic rings. The van der Waals surface area contributed by atoms with Gasteiger partial charge in [-0.05, 0) is 59.1 Å². The minimum absolute atomic E-state index is 0.124. The lowest BCUT2D eigenvalue weighted by Crippen LogP contribution is -2.26. The minimum atomic E-state index is -0.124. The van der Waals surface area contributed by atoms with Crippen molar-refractivity contribution in [2.45, 2.75) is 13.3 Å². The van der Waals surface area contributed by atoms with Crippen LogP contribution in [0.3, 0.4) is 0 Å². The largest absolute Gasteiger partial charge is 0.497 e. The number of aromatic nitrogens is 1. The first kappa shape index (κ1) is 15.5. The van der Waals surface area contributed by atoms with Crippen molar-refractivity contribution in [3.05, 3.63) is 57.8 Å². The van der Waals surface area contributed by atoms with Crippen LogP contribution in [0.25, 0.3) is 0 Å². The van der Waals surface area contributed by atoms with Crippen LogP contribution in [0.2, 0.25) is 0 Å². The number of carbonyl (C=O) groups excluding carboxylic acids is 1. The summed E-state index contributed by atoms with van der Waals surface area (Å²) in [4.78, 5) is 16.4. The lowest BCUT2D eigenvalue weighted by molar-refractivity contribution is 0.0953. The smallest absolute Gasteiger partial charge is 0.252 e. The zero-order valence-electron chi connectivity index (χ0n) is 12.0. The van der Waals surface area contributed by atoms with Crippen molar-refractivity contribution in [2.24, 2.45) is 0 Å². The van der Waals surface area contributed by atoms with Crippen LogP contribution in [0.5, 0.6) is 5.75 Å². The Kier molecular flexibility index (Phi) is 5.33. The Morgan fingerprint density at radius 3 is 2.81 bits per heavy atom. The van der Waals surface area contributed by atoms with Gasteiger partial charge in [-0.1, -0.05) is 6.07 Å². The zero-order valence-corrected chi connectivity index (χ0v) is 13.6. The first-order valence-corrected chi connectivity index (χ1v) is 7.42. The van der Waals surface area contributed by atoms with E-state index in [4.69, 9.17) is 4.74 Å². The van der Waals surface area contributed by atoms with Gasteiger partial charge in [0.05, 0.1) is 12.7 Å². The number of aryl methyl sites for hydroxylation is 1. The predicted molar refractivity (Wildman–Crippen MR) is 85.7 cm³/mol. The van der Waals surface area contributed by atoms with E-state index in [1.54, 1.807) is 25.3 Å². The van der Waals surface area contributed by atoms with E-state index >= 15 is 0 Å². The Labute approximate surface area is 132 Å². The summed E-state index contributed by atoms with van der Waals surface area (Å²) < 4.78 is 5.88. The Hall–Kier alpha value is -1.88. The van der Waals surface area contributed by atoms with Gasteiger partial charge in [0, 0.05) is 22.9 Å². The highest BCUT2D eigenvalue weighted by molar-refractivity contribution is 9.10. The number of hydrogen-bond acceptors (Lipinski definition) is 3. The number of pyridine rings is 1. The van der Waals surface area contributed by atoms with E-state index in [0.717, 1.165) is 22.2 Å². The standard InChI is InChI=1S/C16H17BrN2O2/c1-11-3-4-12(10-19-11)7-8-18-16(20)14-9-13(21-2)5-6-15(14)17/h3-6,9-10H,7-8H2,1-2H3,(H,18,20). The molecule has 0 aliphatic rings. The van der Waals surface area contributed by atoms with E-state index in [2.05, 4.69) is 26.2 Å². The molecule has 4 nitrogen and oxygen atoms in total. The molecular formula is C16H17BrN2O2. The number of benzene rings is 1. The fraction of sp³-hybridized carbons (Fsp3) is 0.250. The molecule has 1 aromatic heterocycles. The number of nitrogens with one attached hydrogen (secondary N) is 1. The molecule has 0 saturated heterocycles. The summed E-state index contributed by atoms with van der Waals surface area (Å²) in [5.74, 6) is 0.534. The molecule has 2 rings (SSSR count). The highest BCUT2D eigenvalue weighted by Gasteiger charge is 2.10. The lowest BCUT2D eigenvalue weighted by Gasteiger charge is -2.08. The molecule has 0 atom stereocenters. The van der Waals surface area contributed by atoms with Crippen LogP contribution in [0, 0.1) is 6.92 Å². The van der Waals surface area contributed by atoms with Crippen LogP contribution in [-0.4, -0.2) is 24.5 Å². The van der Waals surface area contributed by atoms with Gasteiger partial charge in [-0.15, -0.1) is 0 Å². The van der Waals surface area contributed by atoms with Crippen molar-refractivity contribution in [1.29, 1.82) is 0 Å². The summed E-state index contributed by atoms with van der Waals surface area (Å²) in [5.41, 5.74) is 2.66. The number of nitrogens with zero attached hydrogens (tertiary/aromatic N) is 1. The summed E-state index contributed by atoms with van der Waals surface area (Å²) >= 11 is 3.38. The SMILES string of the molecule is COc1ccc(Br)c(C(=O)NCCc2ccc(C)nc2)c1. The summed E-state index contributed by atoms with van der Waals surface area (Å²) in [6.45, 7) is 2.51. The number of rotatable bonds is 5. The molecule has 110 valence electrons. The summed E-state index contributed by atoms with van der Waals surface area (Å²) in [7, 11) is 1.58. The molecule has 1 amide bonds. The molecule has 0 spiro atoms. The topological polar surface area (TPSA) is 51.2 Å². The van der Waals surface area contributed by atoms with E-state index in [1.807, 2.05) is 25.3 Å². The van der Waals surface area contributed by atoms with Gasteiger partial charge in [0.1, 0.15) is 5.75 Å². The fourth-order valence-electron chi connectivity index (χ4n) is 1.87. The van der Waals surface area contributed by atoms with Crippen LogP contribution in [0.1, 0.15) is 21.6 Å². The maximum absolute atomic E-state index is 12.2. The normalized spacial score (nSPS) is 10.2. The minimum Gasteiger partial charge on any atom is -0.497 e. The molecular weight excluding hydrogens is 332 g/mol. The predicted octanol–water partition coefficient (Wildman–Crippen LogP) is 3.13. The third-order valence-corrected chi connectivity index (χ3v) is 3.78. The van der Waals surface area contributed by atoms with Crippen molar-refractivity contribution >= 4 is 21.8 Å². The highest BCUT2D eigenvalue weighted by atomic mass is 79.9. The molecule has 1 N–H and O–H groups in total. The van der Waals surface area contributed by atoms with E-state index in [1.165, 1.54) is 0 Å². The molecule has 0 fully saturated rings. The molecule has 0 aliphatic heterocycles. The van der Waals surface area contributed by atoms with Gasteiger partial charge < -0.3 is 10.1 Å². The number of methoxy groups -OCH3 is 1. The van der Waals surface area contributed by atoms with Gasteiger partial charge in [-0.2, -0.15) is 0 Å². The Morgan fingerprint density at radius 1 is 1.33 bits per heavy atom. The van der Waals surface area contributed by atoms with E-state index in [9.17, 15) is 4.79 Å². The summed E-state index contributed by atoms with van der Waals surface area (Å²) in [6, 6.07) is 9.31. The third kappa shape index (κ3) is 4.29. The third-order valence-electron chi connectivity index (χ3n) is 3.09. The van der Waals surface area contributed by atoms with Crippen LogP contribution in [0.15, 0.2) is 41.0 Å². The number of ether oxygens (including phenoxy) is 1. The van der Waals surface area contributed by atoms with E-state index in [0.29, 0.717) is 17.9 Å².